The summed E-state index contributed by atoms with van der Waals surface area (Å²) >= 11 is -1.10. The number of aryl methyl sites for hydroxylation is 2. The Bertz CT molecular complexity index is 297. The summed E-state index contributed by atoms with van der Waals surface area (Å²) in [5.74, 6) is -0.286. The second-order valence-electron chi connectivity index (χ2n) is 2.82. The lowest BCUT2D eigenvalue weighted by Gasteiger charge is -2.08. The van der Waals surface area contributed by atoms with Crippen molar-refractivity contribution in [2.24, 2.45) is 0 Å². The van der Waals surface area contributed by atoms with Crippen LogP contribution in [-0.4, -0.2) is 10.8 Å². The Balaban J connectivity index is 3.23. The van der Waals surface area contributed by atoms with Crippen molar-refractivity contribution in [3.05, 3.63) is 29.1 Å². The van der Waals surface area contributed by atoms with Crippen LogP contribution in [0.15, 0.2) is 17.0 Å². The molecule has 0 saturated heterocycles. The van der Waals surface area contributed by atoms with Crippen LogP contribution in [0.1, 0.15) is 11.1 Å². The molecule has 12 heavy (non-hydrogen) atoms. The SMILES string of the molecule is Cc1cc(C)c([S+](C)[O-])cc1F. The van der Waals surface area contributed by atoms with Gasteiger partial charge in [-0.1, -0.05) is 0 Å². The Kier molecular flexibility index (Phi) is 2.75. The van der Waals surface area contributed by atoms with E-state index in [0.29, 0.717) is 10.5 Å². The molecule has 0 aliphatic carbocycles. The lowest BCUT2D eigenvalue weighted by atomic mass is 10.1. The molecule has 0 heterocycles. The van der Waals surface area contributed by atoms with E-state index in [9.17, 15) is 8.94 Å². The predicted molar refractivity (Wildman–Crippen MR) is 48.2 cm³/mol. The number of benzene rings is 1. The van der Waals surface area contributed by atoms with E-state index in [4.69, 9.17) is 0 Å². The van der Waals surface area contributed by atoms with Gasteiger partial charge in [0, 0.05) is 11.6 Å². The molecule has 1 rings (SSSR count). The minimum Gasteiger partial charge on any atom is -0.612 e. The van der Waals surface area contributed by atoms with Crippen molar-refractivity contribution in [3.63, 3.8) is 0 Å². The van der Waals surface area contributed by atoms with E-state index >= 15 is 0 Å². The highest BCUT2D eigenvalue weighted by Gasteiger charge is 2.11. The van der Waals surface area contributed by atoms with Crippen LogP contribution in [0.4, 0.5) is 4.39 Å². The van der Waals surface area contributed by atoms with Gasteiger partial charge in [-0.15, -0.1) is 0 Å². The summed E-state index contributed by atoms with van der Waals surface area (Å²) in [6, 6.07) is 3.06. The Morgan fingerprint density at radius 1 is 1.25 bits per heavy atom. The lowest BCUT2D eigenvalue weighted by Crippen LogP contribution is -2.01. The van der Waals surface area contributed by atoms with Crippen LogP contribution in [0.3, 0.4) is 0 Å². The van der Waals surface area contributed by atoms with Crippen LogP contribution in [-0.2, 0) is 11.2 Å². The van der Waals surface area contributed by atoms with Crippen LogP contribution in [0.5, 0.6) is 0 Å². The van der Waals surface area contributed by atoms with E-state index in [-0.39, 0.29) is 5.82 Å². The highest BCUT2D eigenvalue weighted by atomic mass is 32.2. The number of halogens is 1. The fraction of sp³-hybridized carbons (Fsp3) is 0.333. The maximum Gasteiger partial charge on any atom is 0.158 e. The standard InChI is InChI=1S/C9H11FOS/c1-6-4-7(2)9(12(3)11)5-8(6)10/h4-5H,1-3H3. The van der Waals surface area contributed by atoms with Crippen molar-refractivity contribution >= 4 is 11.2 Å². The van der Waals surface area contributed by atoms with Gasteiger partial charge >= 0.3 is 0 Å². The molecule has 0 spiro atoms. The molecular weight excluding hydrogens is 175 g/mol. The van der Waals surface area contributed by atoms with Crippen molar-refractivity contribution in [2.45, 2.75) is 18.7 Å². The monoisotopic (exact) mass is 186 g/mol. The average molecular weight is 186 g/mol. The van der Waals surface area contributed by atoms with Gasteiger partial charge in [0.1, 0.15) is 12.1 Å². The zero-order valence-electron chi connectivity index (χ0n) is 7.35. The van der Waals surface area contributed by atoms with Gasteiger partial charge < -0.3 is 4.55 Å². The third-order valence-corrected chi connectivity index (χ3v) is 2.83. The Hall–Kier alpha value is -0.540. The minimum atomic E-state index is -1.10. The van der Waals surface area contributed by atoms with Gasteiger partial charge in [-0.05, 0) is 36.7 Å². The molecule has 0 aliphatic rings. The first-order valence-corrected chi connectivity index (χ1v) is 5.18. The van der Waals surface area contributed by atoms with Gasteiger partial charge in [0.15, 0.2) is 4.90 Å². The summed E-state index contributed by atoms with van der Waals surface area (Å²) in [6.45, 7) is 3.54. The van der Waals surface area contributed by atoms with Crippen LogP contribution in [0.25, 0.3) is 0 Å². The second kappa shape index (κ2) is 3.46. The maximum atomic E-state index is 13.0. The van der Waals surface area contributed by atoms with E-state index in [1.807, 2.05) is 6.92 Å². The Labute approximate surface area is 74.8 Å². The van der Waals surface area contributed by atoms with Gasteiger partial charge in [-0.2, -0.15) is 0 Å². The summed E-state index contributed by atoms with van der Waals surface area (Å²) in [4.78, 5) is 0.582. The van der Waals surface area contributed by atoms with Gasteiger partial charge in [0.05, 0.1) is 0 Å². The first-order chi connectivity index (χ1) is 5.52. The topological polar surface area (TPSA) is 23.1 Å². The zero-order chi connectivity index (χ0) is 9.30. The lowest BCUT2D eigenvalue weighted by molar-refractivity contribution is 0.592. The molecule has 1 aromatic rings. The van der Waals surface area contributed by atoms with Gasteiger partial charge in [-0.3, -0.25) is 0 Å². The fourth-order valence-electron chi connectivity index (χ4n) is 1.12. The summed E-state index contributed by atoms with van der Waals surface area (Å²) < 4.78 is 24.1. The normalized spacial score (nSPS) is 13.1. The molecule has 3 heteroatoms. The first kappa shape index (κ1) is 9.55. The van der Waals surface area contributed by atoms with E-state index in [2.05, 4.69) is 0 Å². The molecule has 66 valence electrons. The third-order valence-electron chi connectivity index (χ3n) is 1.77. The molecule has 0 fully saturated rings. The summed E-state index contributed by atoms with van der Waals surface area (Å²) in [7, 11) is 0. The summed E-state index contributed by atoms with van der Waals surface area (Å²) in [5, 5.41) is 0. The van der Waals surface area contributed by atoms with Crippen LogP contribution in [0, 0.1) is 19.7 Å². The third kappa shape index (κ3) is 1.79. The second-order valence-corrected chi connectivity index (χ2v) is 4.17. The zero-order valence-corrected chi connectivity index (χ0v) is 8.17. The molecule has 1 atom stereocenters. The van der Waals surface area contributed by atoms with Gasteiger partial charge in [-0.25, -0.2) is 4.39 Å². The van der Waals surface area contributed by atoms with Gasteiger partial charge in [0.25, 0.3) is 0 Å². The Morgan fingerprint density at radius 2 is 1.83 bits per heavy atom. The highest BCUT2D eigenvalue weighted by Crippen LogP contribution is 2.18. The van der Waals surface area contributed by atoms with Crippen LogP contribution < -0.4 is 0 Å². The summed E-state index contributed by atoms with van der Waals surface area (Å²) in [5.41, 5.74) is 1.48. The van der Waals surface area contributed by atoms with E-state index in [1.165, 1.54) is 6.07 Å². The van der Waals surface area contributed by atoms with Gasteiger partial charge in [0.2, 0.25) is 0 Å². The molecule has 0 N–H and O–H groups in total. The molecule has 0 radical (unpaired) electrons. The molecule has 0 aromatic heterocycles. The van der Waals surface area contributed by atoms with Crippen LogP contribution in [0.2, 0.25) is 0 Å². The number of rotatable bonds is 1. The number of hydrogen-bond donors (Lipinski definition) is 0. The quantitative estimate of drug-likeness (QED) is 0.616. The fourth-order valence-corrected chi connectivity index (χ4v) is 1.90. The Morgan fingerprint density at radius 3 is 2.33 bits per heavy atom. The molecule has 1 aromatic carbocycles. The van der Waals surface area contributed by atoms with Crippen molar-refractivity contribution in [2.75, 3.05) is 6.26 Å². The highest BCUT2D eigenvalue weighted by molar-refractivity contribution is 7.90. The van der Waals surface area contributed by atoms with E-state index < -0.39 is 11.2 Å². The van der Waals surface area contributed by atoms with Crippen molar-refractivity contribution in [3.8, 4) is 0 Å². The molecule has 0 saturated carbocycles. The molecular formula is C9H11FOS. The van der Waals surface area contributed by atoms with E-state index in [1.54, 1.807) is 19.2 Å². The molecule has 0 bridgehead atoms. The molecule has 0 aliphatic heterocycles. The maximum absolute atomic E-state index is 13.0. The van der Waals surface area contributed by atoms with Crippen LogP contribution >= 0.6 is 0 Å². The molecule has 1 unspecified atom stereocenters. The van der Waals surface area contributed by atoms with Crippen molar-refractivity contribution in [1.82, 2.24) is 0 Å². The molecule has 0 amide bonds. The minimum absolute atomic E-state index is 0.286. The largest absolute Gasteiger partial charge is 0.612 e. The molecule has 1 nitrogen and oxygen atoms in total. The first-order valence-electron chi connectivity index (χ1n) is 3.62. The number of hydrogen-bond acceptors (Lipinski definition) is 1. The average Bonchev–Trinajstić information content (AvgIpc) is 1.96. The van der Waals surface area contributed by atoms with E-state index in [0.717, 1.165) is 5.56 Å². The summed E-state index contributed by atoms with van der Waals surface area (Å²) in [6.07, 6.45) is 1.55. The van der Waals surface area contributed by atoms with Crippen molar-refractivity contribution < 1.29 is 8.94 Å². The predicted octanol–water partition coefficient (Wildman–Crippen LogP) is 2.18. The smallest absolute Gasteiger partial charge is 0.158 e. The van der Waals surface area contributed by atoms with Crippen molar-refractivity contribution in [1.29, 1.82) is 0 Å².